The summed E-state index contributed by atoms with van der Waals surface area (Å²) >= 11 is 0. The van der Waals surface area contributed by atoms with Crippen LogP contribution in [0.4, 0.5) is 0 Å². The lowest BCUT2D eigenvalue weighted by Crippen LogP contribution is -2.26. The number of likely N-dealkylation sites (N-methyl/N-ethyl adjacent to an activating group) is 1. The third-order valence-corrected chi connectivity index (χ3v) is 3.16. The van der Waals surface area contributed by atoms with Gasteiger partial charge in [-0.25, -0.2) is 0 Å². The van der Waals surface area contributed by atoms with Crippen LogP contribution in [0.15, 0.2) is 24.3 Å². The lowest BCUT2D eigenvalue weighted by atomic mass is 10.1. The van der Waals surface area contributed by atoms with Gasteiger partial charge in [-0.1, -0.05) is 43.7 Å². The van der Waals surface area contributed by atoms with Crippen molar-refractivity contribution in [1.29, 1.82) is 0 Å². The molecule has 0 fully saturated rings. The van der Waals surface area contributed by atoms with Crippen LogP contribution >= 0.6 is 0 Å². The average molecular weight is 235 g/mol. The second kappa shape index (κ2) is 6.77. The standard InChI is InChI=1S/C15H25NO/c1-11(2)13(4)17-15(10-16-5)14-8-6-12(3)7-9-14/h6-9,11,13,15-16H,10H2,1-5H3. The van der Waals surface area contributed by atoms with Gasteiger partial charge in [0.1, 0.15) is 0 Å². The molecule has 1 rings (SSSR count). The minimum atomic E-state index is 0.137. The minimum Gasteiger partial charge on any atom is -0.369 e. The van der Waals surface area contributed by atoms with Gasteiger partial charge in [0.05, 0.1) is 12.2 Å². The van der Waals surface area contributed by atoms with Crippen molar-refractivity contribution in [3.8, 4) is 0 Å². The normalized spacial score (nSPS) is 14.9. The molecular weight excluding hydrogens is 210 g/mol. The first-order valence-corrected chi connectivity index (χ1v) is 6.41. The molecule has 17 heavy (non-hydrogen) atoms. The van der Waals surface area contributed by atoms with E-state index in [4.69, 9.17) is 4.74 Å². The summed E-state index contributed by atoms with van der Waals surface area (Å²) in [6.07, 6.45) is 0.410. The highest BCUT2D eigenvalue weighted by molar-refractivity contribution is 5.23. The maximum absolute atomic E-state index is 6.12. The van der Waals surface area contributed by atoms with E-state index < -0.39 is 0 Å². The Hall–Kier alpha value is -0.860. The second-order valence-corrected chi connectivity index (χ2v) is 5.04. The molecule has 1 aromatic rings. The van der Waals surface area contributed by atoms with Crippen molar-refractivity contribution in [2.75, 3.05) is 13.6 Å². The van der Waals surface area contributed by atoms with Gasteiger partial charge in [-0.05, 0) is 32.4 Å². The van der Waals surface area contributed by atoms with Gasteiger partial charge in [-0.3, -0.25) is 0 Å². The molecule has 2 atom stereocenters. The fraction of sp³-hybridized carbons (Fsp3) is 0.600. The summed E-state index contributed by atoms with van der Waals surface area (Å²) < 4.78 is 6.12. The fourth-order valence-corrected chi connectivity index (χ4v) is 1.63. The second-order valence-electron chi connectivity index (χ2n) is 5.04. The van der Waals surface area contributed by atoms with Crippen LogP contribution < -0.4 is 5.32 Å². The first-order valence-electron chi connectivity index (χ1n) is 6.41. The van der Waals surface area contributed by atoms with Gasteiger partial charge in [-0.2, -0.15) is 0 Å². The lowest BCUT2D eigenvalue weighted by molar-refractivity contribution is -0.0251. The Bertz CT molecular complexity index is 318. The molecule has 0 aliphatic rings. The Morgan fingerprint density at radius 2 is 1.71 bits per heavy atom. The van der Waals surface area contributed by atoms with Gasteiger partial charge in [0.25, 0.3) is 0 Å². The maximum Gasteiger partial charge on any atom is 0.0952 e. The molecule has 1 aromatic carbocycles. The highest BCUT2D eigenvalue weighted by atomic mass is 16.5. The number of ether oxygens (including phenoxy) is 1. The summed E-state index contributed by atoms with van der Waals surface area (Å²) in [5, 5.41) is 3.20. The highest BCUT2D eigenvalue weighted by Gasteiger charge is 2.16. The van der Waals surface area contributed by atoms with E-state index >= 15 is 0 Å². The number of nitrogens with one attached hydrogen (secondary N) is 1. The lowest BCUT2D eigenvalue weighted by Gasteiger charge is -2.25. The van der Waals surface area contributed by atoms with Crippen molar-refractivity contribution < 1.29 is 4.74 Å². The predicted molar refractivity (Wildman–Crippen MR) is 73.2 cm³/mol. The van der Waals surface area contributed by atoms with E-state index in [1.165, 1.54) is 11.1 Å². The molecule has 0 aliphatic carbocycles. The van der Waals surface area contributed by atoms with Crippen molar-refractivity contribution in [1.82, 2.24) is 5.32 Å². The maximum atomic E-state index is 6.12. The van der Waals surface area contributed by atoms with E-state index in [0.717, 1.165) is 6.54 Å². The van der Waals surface area contributed by atoms with Gasteiger partial charge in [0, 0.05) is 6.54 Å². The highest BCUT2D eigenvalue weighted by Crippen LogP contribution is 2.21. The van der Waals surface area contributed by atoms with E-state index in [9.17, 15) is 0 Å². The van der Waals surface area contributed by atoms with Crippen LogP contribution in [0.5, 0.6) is 0 Å². The molecule has 2 nitrogen and oxygen atoms in total. The van der Waals surface area contributed by atoms with Crippen LogP contribution in [0.2, 0.25) is 0 Å². The monoisotopic (exact) mass is 235 g/mol. The first kappa shape index (κ1) is 14.2. The van der Waals surface area contributed by atoms with Crippen molar-refractivity contribution >= 4 is 0 Å². The Labute approximate surface area is 105 Å². The number of aryl methyl sites for hydroxylation is 1. The molecule has 0 spiro atoms. The number of rotatable bonds is 6. The molecule has 2 heteroatoms. The van der Waals surface area contributed by atoms with Crippen molar-refractivity contribution in [2.45, 2.75) is 39.9 Å². The molecular formula is C15H25NO. The summed E-state index contributed by atoms with van der Waals surface area (Å²) in [5.74, 6) is 0.541. The number of benzene rings is 1. The van der Waals surface area contributed by atoms with Crippen LogP contribution in [0.3, 0.4) is 0 Å². The van der Waals surface area contributed by atoms with Crippen molar-refractivity contribution in [2.24, 2.45) is 5.92 Å². The molecule has 0 radical (unpaired) electrons. The fourth-order valence-electron chi connectivity index (χ4n) is 1.63. The van der Waals surface area contributed by atoms with Crippen LogP contribution in [-0.4, -0.2) is 19.7 Å². The van der Waals surface area contributed by atoms with Crippen LogP contribution in [0.1, 0.15) is 38.0 Å². The van der Waals surface area contributed by atoms with E-state index in [1.54, 1.807) is 0 Å². The van der Waals surface area contributed by atoms with E-state index in [-0.39, 0.29) is 12.2 Å². The zero-order valence-corrected chi connectivity index (χ0v) is 11.7. The van der Waals surface area contributed by atoms with Gasteiger partial charge in [-0.15, -0.1) is 0 Å². The summed E-state index contributed by atoms with van der Waals surface area (Å²) in [5.41, 5.74) is 2.53. The number of hydrogen-bond acceptors (Lipinski definition) is 2. The molecule has 0 saturated heterocycles. The molecule has 0 aromatic heterocycles. The Morgan fingerprint density at radius 3 is 2.18 bits per heavy atom. The third kappa shape index (κ3) is 4.49. The predicted octanol–water partition coefficient (Wildman–Crippen LogP) is 3.32. The Kier molecular flexibility index (Phi) is 5.66. The van der Waals surface area contributed by atoms with Crippen LogP contribution in [0.25, 0.3) is 0 Å². The van der Waals surface area contributed by atoms with Gasteiger partial charge in [0.2, 0.25) is 0 Å². The Morgan fingerprint density at radius 1 is 1.12 bits per heavy atom. The molecule has 1 N–H and O–H groups in total. The SMILES string of the molecule is CNCC(OC(C)C(C)C)c1ccc(C)cc1. The molecule has 0 amide bonds. The largest absolute Gasteiger partial charge is 0.369 e. The van der Waals surface area contributed by atoms with Gasteiger partial charge >= 0.3 is 0 Å². The summed E-state index contributed by atoms with van der Waals surface area (Å²) in [7, 11) is 1.96. The minimum absolute atomic E-state index is 0.137. The summed E-state index contributed by atoms with van der Waals surface area (Å²) in [4.78, 5) is 0. The van der Waals surface area contributed by atoms with E-state index in [0.29, 0.717) is 5.92 Å². The third-order valence-electron chi connectivity index (χ3n) is 3.16. The summed E-state index contributed by atoms with van der Waals surface area (Å²) in [6.45, 7) is 9.47. The quantitative estimate of drug-likeness (QED) is 0.816. The average Bonchev–Trinajstić information content (AvgIpc) is 2.29. The molecule has 2 unspecified atom stereocenters. The molecule has 0 heterocycles. The zero-order valence-electron chi connectivity index (χ0n) is 11.7. The van der Waals surface area contributed by atoms with Crippen molar-refractivity contribution in [3.05, 3.63) is 35.4 Å². The van der Waals surface area contributed by atoms with Gasteiger partial charge in [0.15, 0.2) is 0 Å². The van der Waals surface area contributed by atoms with Crippen LogP contribution in [0, 0.1) is 12.8 Å². The van der Waals surface area contributed by atoms with Gasteiger partial charge < -0.3 is 10.1 Å². The van der Waals surface area contributed by atoms with Crippen LogP contribution in [-0.2, 0) is 4.74 Å². The smallest absolute Gasteiger partial charge is 0.0952 e. The summed E-state index contributed by atoms with van der Waals surface area (Å²) in [6, 6.07) is 8.59. The molecule has 96 valence electrons. The molecule has 0 aliphatic heterocycles. The topological polar surface area (TPSA) is 21.3 Å². The zero-order chi connectivity index (χ0) is 12.8. The Balaban J connectivity index is 2.74. The van der Waals surface area contributed by atoms with E-state index in [1.807, 2.05) is 7.05 Å². The first-order chi connectivity index (χ1) is 8.04. The number of hydrogen-bond donors (Lipinski definition) is 1. The molecule has 0 bridgehead atoms. The molecule has 0 saturated carbocycles. The van der Waals surface area contributed by atoms with Crippen molar-refractivity contribution in [3.63, 3.8) is 0 Å². The van der Waals surface area contributed by atoms with E-state index in [2.05, 4.69) is 57.3 Å².